The molecule has 130 valence electrons. The average Bonchev–Trinajstić information content (AvgIpc) is 2.41. The van der Waals surface area contributed by atoms with Gasteiger partial charge in [-0.1, -0.05) is 19.9 Å². The van der Waals surface area contributed by atoms with Crippen LogP contribution in [0.25, 0.3) is 0 Å². The number of hydrogen-bond acceptors (Lipinski definition) is 3. The molecule has 0 spiro atoms. The predicted molar refractivity (Wildman–Crippen MR) is 79.6 cm³/mol. The lowest BCUT2D eigenvalue weighted by Crippen LogP contribution is -2.52. The van der Waals surface area contributed by atoms with Gasteiger partial charge in [0.25, 0.3) is 0 Å². The highest BCUT2D eigenvalue weighted by atomic mass is 19.4. The minimum Gasteiger partial charge on any atom is -0.481 e. The standard InChI is InChI=1S/C16H22F4N2O/c1-15(2)9-22(6-5-14(15)21)8-11-3-4-13(12(17)7-11)23-10-16(18,19)20/h3-4,7,14H,5-6,8-10,21H2,1-2H3. The van der Waals surface area contributed by atoms with Crippen molar-refractivity contribution in [3.05, 3.63) is 29.6 Å². The van der Waals surface area contributed by atoms with Crippen molar-refractivity contribution in [3.8, 4) is 5.75 Å². The summed E-state index contributed by atoms with van der Waals surface area (Å²) >= 11 is 0. The van der Waals surface area contributed by atoms with Gasteiger partial charge in [-0.3, -0.25) is 4.90 Å². The smallest absolute Gasteiger partial charge is 0.422 e. The lowest BCUT2D eigenvalue weighted by molar-refractivity contribution is -0.153. The molecule has 1 saturated heterocycles. The van der Waals surface area contributed by atoms with Gasteiger partial charge in [0.15, 0.2) is 18.2 Å². The fraction of sp³-hybridized carbons (Fsp3) is 0.625. The van der Waals surface area contributed by atoms with Crippen LogP contribution in [0.1, 0.15) is 25.8 Å². The maximum absolute atomic E-state index is 13.9. The molecule has 7 heteroatoms. The van der Waals surface area contributed by atoms with E-state index in [-0.39, 0.29) is 17.2 Å². The fourth-order valence-electron chi connectivity index (χ4n) is 2.80. The Labute approximate surface area is 133 Å². The lowest BCUT2D eigenvalue weighted by Gasteiger charge is -2.42. The third kappa shape index (κ3) is 5.07. The van der Waals surface area contributed by atoms with Crippen molar-refractivity contribution in [1.29, 1.82) is 0 Å². The van der Waals surface area contributed by atoms with E-state index in [1.165, 1.54) is 12.1 Å². The van der Waals surface area contributed by atoms with Crippen molar-refractivity contribution in [1.82, 2.24) is 4.90 Å². The molecule has 1 aromatic rings. The Kier molecular flexibility index (Phi) is 5.20. The van der Waals surface area contributed by atoms with E-state index in [1.807, 2.05) is 0 Å². The van der Waals surface area contributed by atoms with E-state index in [9.17, 15) is 17.6 Å². The summed E-state index contributed by atoms with van der Waals surface area (Å²) in [6, 6.07) is 4.20. The summed E-state index contributed by atoms with van der Waals surface area (Å²) in [5, 5.41) is 0. The van der Waals surface area contributed by atoms with Gasteiger partial charge in [0, 0.05) is 25.7 Å². The minimum absolute atomic E-state index is 0.0213. The highest BCUT2D eigenvalue weighted by Crippen LogP contribution is 2.29. The SMILES string of the molecule is CC1(C)CN(Cc2ccc(OCC(F)(F)F)c(F)c2)CCC1N. The molecule has 2 N–H and O–H groups in total. The Morgan fingerprint density at radius 1 is 1.35 bits per heavy atom. The van der Waals surface area contributed by atoms with Crippen LogP contribution in [0, 0.1) is 11.2 Å². The molecule has 1 atom stereocenters. The zero-order chi connectivity index (χ0) is 17.3. The average molecular weight is 334 g/mol. The number of halogens is 4. The molecular weight excluding hydrogens is 312 g/mol. The summed E-state index contributed by atoms with van der Waals surface area (Å²) in [4.78, 5) is 2.17. The Balaban J connectivity index is 1.98. The molecule has 1 unspecified atom stereocenters. The van der Waals surface area contributed by atoms with Crippen molar-refractivity contribution in [3.63, 3.8) is 0 Å². The molecule has 3 nitrogen and oxygen atoms in total. The molecule has 1 heterocycles. The fourth-order valence-corrected chi connectivity index (χ4v) is 2.80. The summed E-state index contributed by atoms with van der Waals surface area (Å²) in [6.45, 7) is 4.84. The molecule has 0 radical (unpaired) electrons. The van der Waals surface area contributed by atoms with Crippen LogP contribution in [-0.2, 0) is 6.54 Å². The van der Waals surface area contributed by atoms with Crippen molar-refractivity contribution >= 4 is 0 Å². The highest BCUT2D eigenvalue weighted by Gasteiger charge is 2.33. The normalized spacial score (nSPS) is 22.1. The first-order valence-electron chi connectivity index (χ1n) is 7.53. The third-order valence-corrected chi connectivity index (χ3v) is 4.19. The first-order chi connectivity index (χ1) is 10.6. The van der Waals surface area contributed by atoms with Crippen LogP contribution in [0.15, 0.2) is 18.2 Å². The number of alkyl halides is 3. The number of nitrogens with zero attached hydrogens (tertiary/aromatic N) is 1. The van der Waals surface area contributed by atoms with Gasteiger partial charge in [0.05, 0.1) is 0 Å². The second-order valence-corrected chi connectivity index (χ2v) is 6.76. The van der Waals surface area contributed by atoms with E-state index in [4.69, 9.17) is 5.73 Å². The molecule has 1 aliphatic heterocycles. The number of nitrogens with two attached hydrogens (primary N) is 1. The Morgan fingerprint density at radius 2 is 2.04 bits per heavy atom. The van der Waals surface area contributed by atoms with Gasteiger partial charge >= 0.3 is 6.18 Å². The van der Waals surface area contributed by atoms with Gasteiger partial charge in [-0.05, 0) is 29.5 Å². The zero-order valence-corrected chi connectivity index (χ0v) is 13.3. The molecule has 0 aromatic heterocycles. The summed E-state index contributed by atoms with van der Waals surface area (Å²) in [5.74, 6) is -1.16. The maximum atomic E-state index is 13.9. The second-order valence-electron chi connectivity index (χ2n) is 6.76. The number of hydrogen-bond donors (Lipinski definition) is 1. The van der Waals surface area contributed by atoms with Crippen molar-refractivity contribution in [2.24, 2.45) is 11.1 Å². The number of benzene rings is 1. The molecule has 23 heavy (non-hydrogen) atoms. The highest BCUT2D eigenvalue weighted by molar-refractivity contribution is 5.29. The van der Waals surface area contributed by atoms with Gasteiger partial charge in [0.2, 0.25) is 0 Å². The Hall–Kier alpha value is -1.34. The summed E-state index contributed by atoms with van der Waals surface area (Å²) in [6.07, 6.45) is -3.62. The van der Waals surface area contributed by atoms with Crippen LogP contribution >= 0.6 is 0 Å². The van der Waals surface area contributed by atoms with Crippen LogP contribution in [0.2, 0.25) is 0 Å². The monoisotopic (exact) mass is 334 g/mol. The van der Waals surface area contributed by atoms with E-state index >= 15 is 0 Å². The molecular formula is C16H22F4N2O. The van der Waals surface area contributed by atoms with E-state index in [0.29, 0.717) is 12.1 Å². The van der Waals surface area contributed by atoms with E-state index in [2.05, 4.69) is 23.5 Å². The first-order valence-corrected chi connectivity index (χ1v) is 7.53. The van der Waals surface area contributed by atoms with Crippen LogP contribution in [0.4, 0.5) is 17.6 Å². The summed E-state index contributed by atoms with van der Waals surface area (Å²) in [7, 11) is 0. The number of ether oxygens (including phenoxy) is 1. The molecule has 0 saturated carbocycles. The molecule has 0 amide bonds. The topological polar surface area (TPSA) is 38.5 Å². The number of rotatable bonds is 4. The van der Waals surface area contributed by atoms with E-state index < -0.39 is 18.6 Å². The quantitative estimate of drug-likeness (QED) is 0.859. The third-order valence-electron chi connectivity index (χ3n) is 4.19. The van der Waals surface area contributed by atoms with Gasteiger partial charge in [-0.25, -0.2) is 4.39 Å². The largest absolute Gasteiger partial charge is 0.481 e. The number of piperidine rings is 1. The summed E-state index contributed by atoms with van der Waals surface area (Å²) < 4.78 is 54.6. The molecule has 1 fully saturated rings. The molecule has 1 aromatic carbocycles. The summed E-state index contributed by atoms with van der Waals surface area (Å²) in [5.41, 5.74) is 6.77. The van der Waals surface area contributed by atoms with Crippen molar-refractivity contribution in [2.45, 2.75) is 39.0 Å². The van der Waals surface area contributed by atoms with Gasteiger partial charge in [0.1, 0.15) is 0 Å². The molecule has 2 rings (SSSR count). The van der Waals surface area contributed by atoms with Gasteiger partial charge in [-0.2, -0.15) is 13.2 Å². The van der Waals surface area contributed by atoms with Crippen LogP contribution < -0.4 is 10.5 Å². The van der Waals surface area contributed by atoms with Gasteiger partial charge < -0.3 is 10.5 Å². The lowest BCUT2D eigenvalue weighted by atomic mass is 9.79. The van der Waals surface area contributed by atoms with Crippen LogP contribution in [0.3, 0.4) is 0 Å². The zero-order valence-electron chi connectivity index (χ0n) is 13.3. The van der Waals surface area contributed by atoms with Crippen LogP contribution in [-0.4, -0.2) is 36.8 Å². The van der Waals surface area contributed by atoms with E-state index in [1.54, 1.807) is 6.07 Å². The molecule has 0 aliphatic carbocycles. The molecule has 0 bridgehead atoms. The Morgan fingerprint density at radius 3 is 2.61 bits per heavy atom. The van der Waals surface area contributed by atoms with Gasteiger partial charge in [-0.15, -0.1) is 0 Å². The minimum atomic E-state index is -4.48. The first kappa shape index (κ1) is 18.0. The predicted octanol–water partition coefficient (Wildman–Crippen LogP) is 3.33. The van der Waals surface area contributed by atoms with Crippen molar-refractivity contribution in [2.75, 3.05) is 19.7 Å². The maximum Gasteiger partial charge on any atom is 0.422 e. The molecule has 1 aliphatic rings. The van der Waals surface area contributed by atoms with Crippen molar-refractivity contribution < 1.29 is 22.3 Å². The van der Waals surface area contributed by atoms with E-state index in [0.717, 1.165) is 19.5 Å². The number of likely N-dealkylation sites (tertiary alicyclic amines) is 1. The Bertz CT molecular complexity index is 545. The second kappa shape index (κ2) is 6.65. The van der Waals surface area contributed by atoms with Crippen LogP contribution in [0.5, 0.6) is 5.75 Å².